The number of benzene rings is 1. The minimum absolute atomic E-state index is 0.345. The van der Waals surface area contributed by atoms with E-state index in [-0.39, 0.29) is 0 Å². The number of hydrogen-bond acceptors (Lipinski definition) is 4. The Hall–Kier alpha value is -2.48. The molecule has 0 aliphatic heterocycles. The van der Waals surface area contributed by atoms with Crippen LogP contribution in [0.4, 0.5) is 11.6 Å². The SMILES string of the molecule is Cc1[nH]c(N=Nc2ccccc2)nc1C#N. The van der Waals surface area contributed by atoms with Crippen molar-refractivity contribution in [2.75, 3.05) is 0 Å². The molecule has 0 saturated carbocycles. The number of nitrogens with zero attached hydrogens (tertiary/aromatic N) is 4. The summed E-state index contributed by atoms with van der Waals surface area (Å²) in [6.07, 6.45) is 0. The molecule has 1 aromatic carbocycles. The zero-order valence-electron chi connectivity index (χ0n) is 8.68. The molecule has 0 aliphatic carbocycles. The van der Waals surface area contributed by atoms with Gasteiger partial charge in [-0.1, -0.05) is 18.2 Å². The lowest BCUT2D eigenvalue weighted by atomic mass is 10.3. The number of nitrogens with one attached hydrogen (secondary N) is 1. The van der Waals surface area contributed by atoms with E-state index >= 15 is 0 Å². The van der Waals surface area contributed by atoms with Crippen molar-refractivity contribution in [2.45, 2.75) is 6.92 Å². The molecule has 0 spiro atoms. The van der Waals surface area contributed by atoms with Crippen molar-refractivity contribution in [3.63, 3.8) is 0 Å². The zero-order valence-corrected chi connectivity index (χ0v) is 8.68. The number of imidazole rings is 1. The second kappa shape index (κ2) is 4.36. The molecule has 2 rings (SSSR count). The highest BCUT2D eigenvalue weighted by molar-refractivity contribution is 5.37. The number of H-pyrrole nitrogens is 1. The number of azo groups is 1. The van der Waals surface area contributed by atoms with Crippen LogP contribution in [0, 0.1) is 18.3 Å². The van der Waals surface area contributed by atoms with Crippen molar-refractivity contribution in [1.29, 1.82) is 5.26 Å². The summed E-state index contributed by atoms with van der Waals surface area (Å²) in [5.41, 5.74) is 1.79. The van der Waals surface area contributed by atoms with Crippen molar-refractivity contribution in [3.8, 4) is 6.07 Å². The number of aromatic amines is 1. The molecule has 0 radical (unpaired) electrons. The molecule has 0 aliphatic rings. The second-order valence-corrected chi connectivity index (χ2v) is 3.18. The van der Waals surface area contributed by atoms with Gasteiger partial charge in [0.15, 0.2) is 5.69 Å². The first kappa shape index (κ1) is 10.1. The van der Waals surface area contributed by atoms with Crippen LogP contribution in [0.2, 0.25) is 0 Å². The van der Waals surface area contributed by atoms with Gasteiger partial charge in [-0.3, -0.25) is 0 Å². The van der Waals surface area contributed by atoms with Gasteiger partial charge in [-0.2, -0.15) is 10.2 Å². The van der Waals surface area contributed by atoms with E-state index in [9.17, 15) is 0 Å². The van der Waals surface area contributed by atoms with Crippen molar-refractivity contribution in [1.82, 2.24) is 9.97 Å². The predicted molar refractivity (Wildman–Crippen MR) is 58.7 cm³/mol. The Bertz CT molecular complexity index is 547. The first-order valence-electron chi connectivity index (χ1n) is 4.73. The van der Waals surface area contributed by atoms with Gasteiger partial charge >= 0.3 is 0 Å². The number of aryl methyl sites for hydroxylation is 1. The van der Waals surface area contributed by atoms with E-state index in [2.05, 4.69) is 20.2 Å². The third-order valence-electron chi connectivity index (χ3n) is 1.99. The smallest absolute Gasteiger partial charge is 0.248 e. The lowest BCUT2D eigenvalue weighted by Gasteiger charge is -1.87. The van der Waals surface area contributed by atoms with Crippen LogP contribution in [0.15, 0.2) is 40.6 Å². The van der Waals surface area contributed by atoms with Crippen LogP contribution >= 0.6 is 0 Å². The van der Waals surface area contributed by atoms with Gasteiger partial charge in [0.2, 0.25) is 5.95 Å². The number of nitriles is 1. The molecular weight excluding hydrogens is 202 g/mol. The van der Waals surface area contributed by atoms with E-state index in [1.165, 1.54) is 0 Å². The summed E-state index contributed by atoms with van der Waals surface area (Å²) in [5, 5.41) is 16.6. The summed E-state index contributed by atoms with van der Waals surface area (Å²) in [5.74, 6) is 0.345. The molecule has 1 aromatic heterocycles. The molecule has 5 heteroatoms. The van der Waals surface area contributed by atoms with Crippen molar-refractivity contribution in [3.05, 3.63) is 41.7 Å². The molecule has 2 aromatic rings. The maximum atomic E-state index is 8.71. The molecule has 78 valence electrons. The van der Waals surface area contributed by atoms with Crippen LogP contribution in [0.5, 0.6) is 0 Å². The highest BCUT2D eigenvalue weighted by Gasteiger charge is 2.03. The molecule has 0 saturated heterocycles. The Balaban J connectivity index is 2.22. The van der Waals surface area contributed by atoms with Crippen molar-refractivity contribution < 1.29 is 0 Å². The molecule has 0 amide bonds. The lowest BCUT2D eigenvalue weighted by Crippen LogP contribution is -1.74. The van der Waals surface area contributed by atoms with E-state index in [1.54, 1.807) is 6.92 Å². The maximum Gasteiger partial charge on any atom is 0.248 e. The monoisotopic (exact) mass is 211 g/mol. The summed E-state index contributed by atoms with van der Waals surface area (Å²) in [7, 11) is 0. The first-order valence-corrected chi connectivity index (χ1v) is 4.73. The van der Waals surface area contributed by atoms with Crippen LogP contribution in [0.1, 0.15) is 11.4 Å². The van der Waals surface area contributed by atoms with E-state index in [1.807, 2.05) is 36.4 Å². The first-order chi connectivity index (χ1) is 7.79. The molecule has 0 bridgehead atoms. The van der Waals surface area contributed by atoms with E-state index in [0.29, 0.717) is 17.3 Å². The Labute approximate surface area is 92.5 Å². The highest BCUT2D eigenvalue weighted by Crippen LogP contribution is 2.16. The normalized spacial score (nSPS) is 10.5. The van der Waals surface area contributed by atoms with Gasteiger partial charge in [-0.15, -0.1) is 10.2 Å². The van der Waals surface area contributed by atoms with Gasteiger partial charge < -0.3 is 4.98 Å². The minimum atomic E-state index is 0.345. The third-order valence-corrected chi connectivity index (χ3v) is 1.99. The average molecular weight is 211 g/mol. The van der Waals surface area contributed by atoms with Crippen LogP contribution in [-0.2, 0) is 0 Å². The van der Waals surface area contributed by atoms with Gasteiger partial charge in [-0.25, -0.2) is 0 Å². The fraction of sp³-hybridized carbons (Fsp3) is 0.0909. The van der Waals surface area contributed by atoms with Gasteiger partial charge in [0.1, 0.15) is 6.07 Å². The number of aromatic nitrogens is 2. The third kappa shape index (κ3) is 2.12. The predicted octanol–water partition coefficient (Wildman–Crippen LogP) is 3.01. The van der Waals surface area contributed by atoms with E-state index < -0.39 is 0 Å². The highest BCUT2D eigenvalue weighted by atomic mass is 15.2. The summed E-state index contributed by atoms with van der Waals surface area (Å²) in [6, 6.07) is 11.3. The van der Waals surface area contributed by atoms with Crippen LogP contribution in [-0.4, -0.2) is 9.97 Å². The van der Waals surface area contributed by atoms with Crippen LogP contribution < -0.4 is 0 Å². The molecular formula is C11H9N5. The summed E-state index contributed by atoms with van der Waals surface area (Å²) < 4.78 is 0. The molecule has 1 heterocycles. The summed E-state index contributed by atoms with van der Waals surface area (Å²) in [6.45, 7) is 1.77. The molecule has 0 fully saturated rings. The summed E-state index contributed by atoms with van der Waals surface area (Å²) in [4.78, 5) is 6.84. The Morgan fingerprint density at radius 2 is 2.00 bits per heavy atom. The molecule has 1 N–H and O–H groups in total. The number of hydrogen-bond donors (Lipinski definition) is 1. The molecule has 5 nitrogen and oxygen atoms in total. The van der Waals surface area contributed by atoms with Gasteiger partial charge in [0.05, 0.1) is 11.4 Å². The van der Waals surface area contributed by atoms with Crippen LogP contribution in [0.25, 0.3) is 0 Å². The topological polar surface area (TPSA) is 77.2 Å². The van der Waals surface area contributed by atoms with Gasteiger partial charge in [0, 0.05) is 0 Å². The second-order valence-electron chi connectivity index (χ2n) is 3.18. The van der Waals surface area contributed by atoms with Gasteiger partial charge in [0.25, 0.3) is 0 Å². The lowest BCUT2D eigenvalue weighted by molar-refractivity contribution is 1.11. The Morgan fingerprint density at radius 3 is 2.62 bits per heavy atom. The largest absolute Gasteiger partial charge is 0.324 e. The molecule has 16 heavy (non-hydrogen) atoms. The molecule has 0 atom stereocenters. The molecule has 0 unspecified atom stereocenters. The quantitative estimate of drug-likeness (QED) is 0.775. The fourth-order valence-electron chi connectivity index (χ4n) is 1.20. The minimum Gasteiger partial charge on any atom is -0.324 e. The maximum absolute atomic E-state index is 8.71. The standard InChI is InChI=1S/C11H9N5/c1-8-10(7-12)14-11(13-8)16-15-9-5-3-2-4-6-9/h2-6H,1H3,(H,13,14). The van der Waals surface area contributed by atoms with Crippen molar-refractivity contribution in [2.24, 2.45) is 10.2 Å². The van der Waals surface area contributed by atoms with E-state index in [4.69, 9.17) is 5.26 Å². The fourth-order valence-corrected chi connectivity index (χ4v) is 1.20. The van der Waals surface area contributed by atoms with E-state index in [0.717, 1.165) is 5.69 Å². The summed E-state index contributed by atoms with van der Waals surface area (Å²) >= 11 is 0. The van der Waals surface area contributed by atoms with Gasteiger partial charge in [-0.05, 0) is 19.1 Å². The average Bonchev–Trinajstić information content (AvgIpc) is 2.69. The Kier molecular flexibility index (Phi) is 2.74. The Morgan fingerprint density at radius 1 is 1.25 bits per heavy atom. The van der Waals surface area contributed by atoms with Crippen LogP contribution in [0.3, 0.4) is 0 Å². The van der Waals surface area contributed by atoms with Crippen molar-refractivity contribution >= 4 is 11.6 Å². The zero-order chi connectivity index (χ0) is 11.4. The number of rotatable bonds is 2.